The molecule has 172 valence electrons. The molecule has 34 heavy (non-hydrogen) atoms. The highest BCUT2D eigenvalue weighted by atomic mass is 16.1. The van der Waals surface area contributed by atoms with Gasteiger partial charge in [0.15, 0.2) is 0 Å². The molecule has 0 radical (unpaired) electrons. The predicted octanol–water partition coefficient (Wildman–Crippen LogP) is 5.05. The average Bonchev–Trinajstić information content (AvgIpc) is 2.92. The van der Waals surface area contributed by atoms with E-state index in [1.807, 2.05) is 30.5 Å². The van der Waals surface area contributed by atoms with Gasteiger partial charge in [-0.15, -0.1) is 0 Å². The molecule has 0 aliphatic carbocycles. The number of pyridine rings is 1. The molecule has 0 unspecified atom stereocenters. The number of hydrogen-bond acceptors (Lipinski definition) is 4. The van der Waals surface area contributed by atoms with Crippen LogP contribution >= 0.6 is 0 Å². The van der Waals surface area contributed by atoms with E-state index in [1.54, 1.807) is 0 Å². The maximum Gasteiger partial charge on any atom is 0.251 e. The molecular weight excluding hydrogens is 420 g/mol. The van der Waals surface area contributed by atoms with Gasteiger partial charge in [0.25, 0.3) is 5.91 Å². The third-order valence-electron chi connectivity index (χ3n) is 6.59. The van der Waals surface area contributed by atoms with Crippen molar-refractivity contribution < 1.29 is 4.79 Å². The summed E-state index contributed by atoms with van der Waals surface area (Å²) in [6.45, 7) is 6.33. The molecule has 2 heterocycles. The van der Waals surface area contributed by atoms with Gasteiger partial charge in [-0.25, -0.2) is 4.98 Å². The molecule has 5 heteroatoms. The fourth-order valence-electron chi connectivity index (χ4n) is 4.54. The molecule has 1 aliphatic rings. The van der Waals surface area contributed by atoms with Gasteiger partial charge in [0.05, 0.1) is 0 Å². The van der Waals surface area contributed by atoms with Crippen molar-refractivity contribution in [2.24, 2.45) is 0 Å². The second-order valence-corrected chi connectivity index (χ2v) is 8.73. The van der Waals surface area contributed by atoms with Gasteiger partial charge in [-0.05, 0) is 53.3 Å². The number of fused-ring (bicyclic) bond motifs is 1. The molecule has 4 aromatic rings. The van der Waals surface area contributed by atoms with E-state index in [0.29, 0.717) is 12.1 Å². The number of nitrogens with one attached hydrogen (secondary N) is 1. The molecule has 1 fully saturated rings. The van der Waals surface area contributed by atoms with E-state index in [4.69, 9.17) is 4.98 Å². The zero-order valence-corrected chi connectivity index (χ0v) is 19.6. The van der Waals surface area contributed by atoms with Crippen molar-refractivity contribution in [3.05, 3.63) is 102 Å². The van der Waals surface area contributed by atoms with E-state index in [1.165, 1.54) is 11.3 Å². The van der Waals surface area contributed by atoms with Crippen molar-refractivity contribution in [3.8, 4) is 0 Å². The predicted molar refractivity (Wildman–Crippen MR) is 140 cm³/mol. The zero-order chi connectivity index (χ0) is 23.3. The summed E-state index contributed by atoms with van der Waals surface area (Å²) >= 11 is 0. The maximum absolute atomic E-state index is 12.9. The molecule has 0 saturated carbocycles. The number of anilines is 2. The third-order valence-corrected chi connectivity index (χ3v) is 6.59. The van der Waals surface area contributed by atoms with Crippen LogP contribution in [-0.2, 0) is 13.0 Å². The number of benzene rings is 3. The van der Waals surface area contributed by atoms with Crippen LogP contribution < -0.4 is 15.1 Å². The lowest BCUT2D eigenvalue weighted by molar-refractivity contribution is 0.0951. The lowest BCUT2D eigenvalue weighted by atomic mass is 10.1. The Morgan fingerprint density at radius 1 is 0.853 bits per heavy atom. The Kier molecular flexibility index (Phi) is 6.43. The molecule has 1 saturated heterocycles. The molecule has 1 N–H and O–H groups in total. The summed E-state index contributed by atoms with van der Waals surface area (Å²) in [4.78, 5) is 22.4. The van der Waals surface area contributed by atoms with Crippen LogP contribution in [0.1, 0.15) is 28.4 Å². The van der Waals surface area contributed by atoms with Crippen LogP contribution in [0.25, 0.3) is 10.8 Å². The fourth-order valence-corrected chi connectivity index (χ4v) is 4.54. The van der Waals surface area contributed by atoms with E-state index in [9.17, 15) is 4.79 Å². The summed E-state index contributed by atoms with van der Waals surface area (Å²) in [5, 5.41) is 5.18. The van der Waals surface area contributed by atoms with Gasteiger partial charge < -0.3 is 15.1 Å². The first-order chi connectivity index (χ1) is 16.7. The Morgan fingerprint density at radius 3 is 2.29 bits per heavy atom. The number of amides is 1. The number of rotatable bonds is 6. The minimum Gasteiger partial charge on any atom is -0.368 e. The molecule has 0 spiro atoms. The van der Waals surface area contributed by atoms with Gasteiger partial charge in [-0.3, -0.25) is 4.79 Å². The molecule has 5 nitrogen and oxygen atoms in total. The Labute approximate surface area is 201 Å². The van der Waals surface area contributed by atoms with Crippen LogP contribution in [0.15, 0.2) is 85.1 Å². The largest absolute Gasteiger partial charge is 0.368 e. The molecule has 0 bridgehead atoms. The smallest absolute Gasteiger partial charge is 0.251 e. The van der Waals surface area contributed by atoms with Gasteiger partial charge in [-0.1, -0.05) is 55.5 Å². The summed E-state index contributed by atoms with van der Waals surface area (Å²) in [6, 6.07) is 26.8. The Balaban J connectivity index is 1.30. The van der Waals surface area contributed by atoms with Crippen molar-refractivity contribution in [2.45, 2.75) is 19.9 Å². The lowest BCUT2D eigenvalue weighted by Crippen LogP contribution is -2.46. The standard InChI is InChI=1S/C29H30N4O/c1-2-22-8-10-23(11-9-22)21-31-29(34)25-13-12-24-14-15-30-28(27(24)20-25)33-18-16-32(17-19-33)26-6-4-3-5-7-26/h3-15,20H,2,16-19,21H2,1H3,(H,31,34). The number of carbonyl (C=O) groups excluding carboxylic acids is 1. The molecule has 3 aromatic carbocycles. The zero-order valence-electron chi connectivity index (χ0n) is 19.6. The van der Waals surface area contributed by atoms with E-state index in [-0.39, 0.29) is 5.91 Å². The number of piperazine rings is 1. The first-order valence-corrected chi connectivity index (χ1v) is 12.0. The van der Waals surface area contributed by atoms with E-state index in [2.05, 4.69) is 76.6 Å². The fraction of sp³-hybridized carbons (Fsp3) is 0.241. The summed E-state index contributed by atoms with van der Waals surface area (Å²) in [6.07, 6.45) is 2.88. The van der Waals surface area contributed by atoms with Crippen LogP contribution in [0.4, 0.5) is 11.5 Å². The van der Waals surface area contributed by atoms with Gasteiger partial charge in [0.2, 0.25) is 0 Å². The molecular formula is C29H30N4O. The van der Waals surface area contributed by atoms with Crippen molar-refractivity contribution in [1.29, 1.82) is 0 Å². The topological polar surface area (TPSA) is 48.5 Å². The van der Waals surface area contributed by atoms with Crippen molar-refractivity contribution >= 4 is 28.2 Å². The quantitative estimate of drug-likeness (QED) is 0.446. The highest BCUT2D eigenvalue weighted by molar-refractivity contribution is 6.01. The van der Waals surface area contributed by atoms with Crippen LogP contribution in [0.2, 0.25) is 0 Å². The lowest BCUT2D eigenvalue weighted by Gasteiger charge is -2.37. The summed E-state index contributed by atoms with van der Waals surface area (Å²) in [5.41, 5.74) is 4.32. The number of nitrogens with zero attached hydrogens (tertiary/aromatic N) is 3. The summed E-state index contributed by atoms with van der Waals surface area (Å²) < 4.78 is 0. The number of carbonyl (C=O) groups is 1. The molecule has 5 rings (SSSR count). The van der Waals surface area contributed by atoms with Crippen LogP contribution in [0.5, 0.6) is 0 Å². The molecule has 1 aromatic heterocycles. The first-order valence-electron chi connectivity index (χ1n) is 12.0. The van der Waals surface area contributed by atoms with Gasteiger partial charge in [-0.2, -0.15) is 0 Å². The third kappa shape index (κ3) is 4.74. The first kappa shape index (κ1) is 22.0. The summed E-state index contributed by atoms with van der Waals surface area (Å²) in [7, 11) is 0. The van der Waals surface area contributed by atoms with Crippen LogP contribution in [-0.4, -0.2) is 37.1 Å². The maximum atomic E-state index is 12.9. The van der Waals surface area contributed by atoms with Crippen molar-refractivity contribution in [3.63, 3.8) is 0 Å². The van der Waals surface area contributed by atoms with Gasteiger partial charge in [0.1, 0.15) is 5.82 Å². The van der Waals surface area contributed by atoms with E-state index >= 15 is 0 Å². The minimum atomic E-state index is -0.0647. The van der Waals surface area contributed by atoms with Crippen LogP contribution in [0, 0.1) is 0 Å². The van der Waals surface area contributed by atoms with E-state index < -0.39 is 0 Å². The Bertz CT molecular complexity index is 1260. The number of hydrogen-bond donors (Lipinski definition) is 1. The number of para-hydroxylation sites is 1. The number of aromatic nitrogens is 1. The van der Waals surface area contributed by atoms with Gasteiger partial charge in [0, 0.05) is 55.6 Å². The van der Waals surface area contributed by atoms with Gasteiger partial charge >= 0.3 is 0 Å². The average molecular weight is 451 g/mol. The van der Waals surface area contributed by atoms with Crippen molar-refractivity contribution in [1.82, 2.24) is 10.3 Å². The minimum absolute atomic E-state index is 0.0647. The summed E-state index contributed by atoms with van der Waals surface area (Å²) in [5.74, 6) is 0.889. The monoisotopic (exact) mass is 450 g/mol. The normalized spacial score (nSPS) is 13.8. The Hall–Kier alpha value is -3.86. The Morgan fingerprint density at radius 2 is 1.56 bits per heavy atom. The highest BCUT2D eigenvalue weighted by Gasteiger charge is 2.20. The SMILES string of the molecule is CCc1ccc(CNC(=O)c2ccc3ccnc(N4CCN(c5ccccc5)CC4)c3c2)cc1. The molecule has 1 aliphatic heterocycles. The highest BCUT2D eigenvalue weighted by Crippen LogP contribution is 2.27. The van der Waals surface area contributed by atoms with Crippen LogP contribution in [0.3, 0.4) is 0 Å². The van der Waals surface area contributed by atoms with E-state index in [0.717, 1.165) is 54.8 Å². The number of aryl methyl sites for hydroxylation is 1. The van der Waals surface area contributed by atoms with Crippen molar-refractivity contribution in [2.75, 3.05) is 36.0 Å². The second kappa shape index (κ2) is 9.96. The molecule has 1 amide bonds. The second-order valence-electron chi connectivity index (χ2n) is 8.73. The molecule has 0 atom stereocenters.